The number of hydrogen-bond acceptors (Lipinski definition) is 20. The standard InChI is InChI=1S/C62H68N2O20/c1-34-41(32-62(76)52(82-54(72)39-23-15-10-16-24-39)50-60(7,42(67)31-43-61(50,33-77-43)83-36(3)66)51(70)48(78-35(2)65)46(34)58(62,4)5)80-55(73)49(47(37-19-11-8-12-20-37)63-53(71)38-21-13-9-14-22-38)81-57(75)79-40-25-17-18-29-59(6,30-28-40)56(74)84-64-44(68)26-27-45(64)69/h8-17,19-25,40-43,47-50,52,67,76H,18,26-33H2,1-7H3,(H,63,71)/b25-17+/t40-,41-,42-,43+,47-,48+,49+,50-,52-,59+,60+,61-,62+/m0/s1. The molecule has 2 aliphatic heterocycles. The van der Waals surface area contributed by atoms with Crippen LogP contribution in [0.1, 0.15) is 132 Å². The Morgan fingerprint density at radius 3 is 1.99 bits per heavy atom. The van der Waals surface area contributed by atoms with Crippen molar-refractivity contribution >= 4 is 59.5 Å². The Balaban J connectivity index is 1.13. The van der Waals surface area contributed by atoms with E-state index in [1.165, 1.54) is 52.0 Å². The van der Waals surface area contributed by atoms with Crippen molar-refractivity contribution in [1.82, 2.24) is 10.4 Å². The fourth-order valence-corrected chi connectivity index (χ4v) is 13.0. The monoisotopic (exact) mass is 1160 g/mol. The van der Waals surface area contributed by atoms with E-state index in [4.69, 9.17) is 38.0 Å². The van der Waals surface area contributed by atoms with Crippen LogP contribution >= 0.6 is 0 Å². The molecule has 4 fully saturated rings. The summed E-state index contributed by atoms with van der Waals surface area (Å²) in [6.45, 7) is 9.25. The molecule has 4 aliphatic carbocycles. The summed E-state index contributed by atoms with van der Waals surface area (Å²) < 4.78 is 42.9. The number of ketones is 1. The minimum absolute atomic E-state index is 0.00697. The van der Waals surface area contributed by atoms with Crippen molar-refractivity contribution in [3.63, 3.8) is 0 Å². The molecule has 2 saturated carbocycles. The van der Waals surface area contributed by atoms with E-state index in [0.29, 0.717) is 5.06 Å². The lowest BCUT2D eigenvalue weighted by molar-refractivity contribution is -0.346. The number of aliphatic hydroxyl groups excluding tert-OH is 1. The van der Waals surface area contributed by atoms with Gasteiger partial charge >= 0.3 is 36.0 Å². The number of nitrogens with zero attached hydrogens (tertiary/aromatic N) is 1. The molecule has 0 spiro atoms. The molecule has 0 radical (unpaired) electrons. The molecule has 0 unspecified atom stereocenters. The van der Waals surface area contributed by atoms with Gasteiger partial charge in [0.1, 0.15) is 36.1 Å². The second kappa shape index (κ2) is 23.5. The number of rotatable bonds is 14. The van der Waals surface area contributed by atoms with Gasteiger partial charge in [-0.25, -0.2) is 19.2 Å². The highest BCUT2D eigenvalue weighted by Crippen LogP contribution is 2.64. The quantitative estimate of drug-likeness (QED) is 0.0720. The number of nitrogens with one attached hydrogen (secondary N) is 1. The van der Waals surface area contributed by atoms with Crippen LogP contribution in [0.25, 0.3) is 0 Å². The van der Waals surface area contributed by atoms with Gasteiger partial charge in [-0.05, 0) is 93.5 Å². The first kappa shape index (κ1) is 60.5. The maximum absolute atomic E-state index is 15.9. The van der Waals surface area contributed by atoms with Crippen LogP contribution in [0.15, 0.2) is 114 Å². The number of Topliss-reactive ketones (excluding diaryl/α,β-unsaturated/α-hetero) is 1. The van der Waals surface area contributed by atoms with Gasteiger partial charge in [0, 0.05) is 50.5 Å². The highest BCUT2D eigenvalue weighted by Gasteiger charge is 2.78. The number of esters is 4. The van der Waals surface area contributed by atoms with E-state index in [9.17, 15) is 48.6 Å². The zero-order valence-corrected chi connectivity index (χ0v) is 47.6. The molecule has 22 heteroatoms. The van der Waals surface area contributed by atoms with E-state index in [-0.39, 0.29) is 79.4 Å². The van der Waals surface area contributed by atoms with Crippen molar-refractivity contribution in [1.29, 1.82) is 0 Å². The van der Waals surface area contributed by atoms with Crippen LogP contribution in [0, 0.1) is 22.2 Å². The summed E-state index contributed by atoms with van der Waals surface area (Å²) in [5, 5.41) is 29.7. The van der Waals surface area contributed by atoms with E-state index < -0.39 is 148 Å². The third kappa shape index (κ3) is 11.1. The number of ether oxygens (including phenoxy) is 7. The third-order valence-electron chi connectivity index (χ3n) is 17.8. The number of carbonyl (C=O) groups excluding carboxylic acids is 10. The molecule has 13 atom stereocenters. The van der Waals surface area contributed by atoms with Gasteiger partial charge in [-0.3, -0.25) is 28.8 Å². The number of carbonyl (C=O) groups is 10. The summed E-state index contributed by atoms with van der Waals surface area (Å²) in [4.78, 5) is 145. The number of fused-ring (bicyclic) bond motifs is 5. The van der Waals surface area contributed by atoms with Gasteiger partial charge in [-0.2, -0.15) is 0 Å². The van der Waals surface area contributed by atoms with E-state index in [2.05, 4.69) is 5.32 Å². The molecule has 446 valence electrons. The fourth-order valence-electron chi connectivity index (χ4n) is 13.0. The predicted octanol–water partition coefficient (Wildman–Crippen LogP) is 6.01. The number of aliphatic hydroxyl groups is 2. The molecule has 9 rings (SSSR count). The SMILES string of the molecule is CC(=O)O[C@H]1C(=O)[C@@]2(C)[C@H]([C@H](OC(=O)c3ccccc3)[C@]3(O)C[C@H](OC(=O)[C@H](OC(=O)O[C@H]4/C=C/CC[C@@](C)(C(=O)ON5C(=O)CCC5=O)CC4)[C@@H](NC(=O)c4ccccc4)c4ccccc4)C(C)=C1C3(C)C)[C@]1(OC(C)=O)CO[C@@H]1C[C@@H]2O. The van der Waals surface area contributed by atoms with Gasteiger partial charge in [0.2, 0.25) is 6.10 Å². The number of benzene rings is 3. The summed E-state index contributed by atoms with van der Waals surface area (Å²) in [5.41, 5.74) is -9.31. The van der Waals surface area contributed by atoms with Gasteiger partial charge < -0.3 is 53.5 Å². The molecule has 2 saturated heterocycles. The van der Waals surface area contributed by atoms with Crippen LogP contribution in [0.5, 0.6) is 0 Å². The van der Waals surface area contributed by atoms with Gasteiger partial charge in [0.25, 0.3) is 17.7 Å². The van der Waals surface area contributed by atoms with Crippen molar-refractivity contribution in [2.75, 3.05) is 6.61 Å². The first-order valence-electron chi connectivity index (χ1n) is 27.9. The Bertz CT molecular complexity index is 3170. The van der Waals surface area contributed by atoms with Crippen LogP contribution < -0.4 is 5.32 Å². The largest absolute Gasteiger partial charge is 0.509 e. The molecule has 6 aliphatic rings. The number of amides is 3. The second-order valence-electron chi connectivity index (χ2n) is 23.4. The van der Waals surface area contributed by atoms with Crippen molar-refractivity contribution in [3.8, 4) is 0 Å². The first-order valence-corrected chi connectivity index (χ1v) is 27.9. The third-order valence-corrected chi connectivity index (χ3v) is 17.8. The summed E-state index contributed by atoms with van der Waals surface area (Å²) in [6, 6.07) is 22.0. The van der Waals surface area contributed by atoms with Crippen molar-refractivity contribution in [2.45, 2.75) is 160 Å². The summed E-state index contributed by atoms with van der Waals surface area (Å²) in [5.74, 6) is -9.62. The topological polar surface area (TPSA) is 300 Å². The molecular formula is C62H68N2O20. The van der Waals surface area contributed by atoms with Gasteiger partial charge in [0.05, 0.1) is 35.0 Å². The van der Waals surface area contributed by atoms with Crippen molar-refractivity contribution in [2.24, 2.45) is 22.2 Å². The van der Waals surface area contributed by atoms with Gasteiger partial charge in [0.15, 0.2) is 17.5 Å². The van der Waals surface area contributed by atoms with Crippen LogP contribution in [0.3, 0.4) is 0 Å². The summed E-state index contributed by atoms with van der Waals surface area (Å²) >= 11 is 0. The van der Waals surface area contributed by atoms with E-state index in [1.807, 2.05) is 0 Å². The Morgan fingerprint density at radius 1 is 0.774 bits per heavy atom. The Kier molecular flexibility index (Phi) is 16.9. The summed E-state index contributed by atoms with van der Waals surface area (Å²) in [6.07, 6.45) is -10.5. The molecule has 22 nitrogen and oxygen atoms in total. The second-order valence-corrected chi connectivity index (χ2v) is 23.4. The molecule has 84 heavy (non-hydrogen) atoms. The molecule has 3 N–H and O–H groups in total. The normalized spacial score (nSPS) is 31.7. The highest BCUT2D eigenvalue weighted by atomic mass is 16.7. The lowest BCUT2D eigenvalue weighted by Crippen LogP contribution is -2.82. The van der Waals surface area contributed by atoms with Crippen LogP contribution in [0.2, 0.25) is 0 Å². The minimum Gasteiger partial charge on any atom is -0.455 e. The number of allylic oxidation sites excluding steroid dienone is 1. The van der Waals surface area contributed by atoms with Gasteiger partial charge in [-0.1, -0.05) is 86.7 Å². The highest BCUT2D eigenvalue weighted by molar-refractivity contribution is 6.02. The fraction of sp³-hybridized carbons (Fsp3) is 0.484. The minimum atomic E-state index is -2.55. The molecule has 3 aromatic rings. The molecule has 3 aromatic carbocycles. The zero-order valence-electron chi connectivity index (χ0n) is 47.6. The van der Waals surface area contributed by atoms with E-state index in [0.717, 1.165) is 13.8 Å². The van der Waals surface area contributed by atoms with Crippen molar-refractivity contribution < 1.29 is 96.2 Å². The zero-order chi connectivity index (χ0) is 60.7. The van der Waals surface area contributed by atoms with E-state index in [1.54, 1.807) is 85.8 Å². The average Bonchev–Trinajstić information content (AvgIpc) is 0.728. The molecular weight excluding hydrogens is 1090 g/mol. The first-order chi connectivity index (χ1) is 39.7. The molecule has 3 amide bonds. The molecule has 2 bridgehead atoms. The van der Waals surface area contributed by atoms with Gasteiger partial charge in [-0.15, -0.1) is 5.06 Å². The van der Waals surface area contributed by atoms with Crippen LogP contribution in [-0.4, -0.2) is 135 Å². The lowest BCUT2D eigenvalue weighted by Gasteiger charge is -2.67. The maximum Gasteiger partial charge on any atom is 0.509 e. The average molecular weight is 1160 g/mol. The van der Waals surface area contributed by atoms with Crippen LogP contribution in [-0.2, 0) is 71.6 Å². The maximum atomic E-state index is 15.9. The Labute approximate surface area is 484 Å². The Hall–Kier alpha value is -8.08. The molecule has 0 aromatic heterocycles. The Morgan fingerprint density at radius 2 is 1.39 bits per heavy atom. The van der Waals surface area contributed by atoms with Crippen molar-refractivity contribution in [3.05, 3.63) is 131 Å². The number of hydrogen-bond donors (Lipinski definition) is 3. The molecule has 2 heterocycles. The summed E-state index contributed by atoms with van der Waals surface area (Å²) in [7, 11) is 0. The predicted molar refractivity (Wildman–Crippen MR) is 290 cm³/mol. The van der Waals surface area contributed by atoms with E-state index >= 15 is 9.59 Å². The number of imide groups is 1. The smallest absolute Gasteiger partial charge is 0.455 e. The lowest BCUT2D eigenvalue weighted by atomic mass is 9.44. The number of hydroxylamine groups is 2. The van der Waals surface area contributed by atoms with Crippen LogP contribution in [0.4, 0.5) is 4.79 Å².